The van der Waals surface area contributed by atoms with E-state index in [0.717, 1.165) is 24.1 Å². The summed E-state index contributed by atoms with van der Waals surface area (Å²) < 4.78 is 19.3. The Kier molecular flexibility index (Phi) is 4.50. The Morgan fingerprint density at radius 3 is 2.74 bits per heavy atom. The van der Waals surface area contributed by atoms with Crippen molar-refractivity contribution in [3.8, 4) is 5.88 Å². The summed E-state index contributed by atoms with van der Waals surface area (Å²) in [6, 6.07) is 10.2. The monoisotopic (exact) mass is 369 g/mol. The fraction of sp³-hybridized carbons (Fsp3) is 0.429. The molecule has 0 spiro atoms. The Balaban J connectivity index is 1.78. The third-order valence-corrected chi connectivity index (χ3v) is 5.63. The maximum Gasteiger partial charge on any atom is 0.224 e. The van der Waals surface area contributed by atoms with Gasteiger partial charge in [-0.1, -0.05) is 13.0 Å². The zero-order valence-corrected chi connectivity index (χ0v) is 15.8. The number of nitrogens with zero attached hydrogens (tertiary/aromatic N) is 2. The summed E-state index contributed by atoms with van der Waals surface area (Å²) in [5, 5.41) is 3.47. The number of carbonyl (C=O) groups is 1. The molecule has 2 aromatic rings. The second kappa shape index (κ2) is 6.83. The van der Waals surface area contributed by atoms with Crippen molar-refractivity contribution in [1.82, 2.24) is 4.98 Å². The van der Waals surface area contributed by atoms with Crippen molar-refractivity contribution in [2.45, 2.75) is 38.8 Å². The number of benzene rings is 1. The van der Waals surface area contributed by atoms with Crippen molar-refractivity contribution in [2.24, 2.45) is 11.8 Å². The Morgan fingerprint density at radius 1 is 1.30 bits per heavy atom. The quantitative estimate of drug-likeness (QED) is 0.879. The fourth-order valence-corrected chi connectivity index (χ4v) is 4.30. The smallest absolute Gasteiger partial charge is 0.224 e. The van der Waals surface area contributed by atoms with E-state index in [1.54, 1.807) is 26.2 Å². The number of methoxy groups -OCH3 is 1. The maximum atomic E-state index is 14.1. The first-order chi connectivity index (χ1) is 13.0. The van der Waals surface area contributed by atoms with Gasteiger partial charge in [-0.15, -0.1) is 0 Å². The van der Waals surface area contributed by atoms with Crippen LogP contribution in [0.2, 0.25) is 0 Å². The molecule has 0 radical (unpaired) electrons. The molecule has 2 aliphatic rings. The molecule has 0 bridgehead atoms. The molecule has 4 rings (SSSR count). The molecule has 142 valence electrons. The van der Waals surface area contributed by atoms with E-state index >= 15 is 0 Å². The van der Waals surface area contributed by atoms with Crippen molar-refractivity contribution in [3.63, 3.8) is 0 Å². The lowest BCUT2D eigenvalue weighted by atomic mass is 9.80. The predicted molar refractivity (Wildman–Crippen MR) is 102 cm³/mol. The van der Waals surface area contributed by atoms with Gasteiger partial charge in [0.15, 0.2) is 0 Å². The van der Waals surface area contributed by atoms with Gasteiger partial charge >= 0.3 is 0 Å². The molecule has 1 fully saturated rings. The average molecular weight is 369 g/mol. The number of rotatable bonds is 4. The van der Waals surface area contributed by atoms with E-state index in [0.29, 0.717) is 17.6 Å². The van der Waals surface area contributed by atoms with Gasteiger partial charge in [-0.3, -0.25) is 4.79 Å². The van der Waals surface area contributed by atoms with Crippen molar-refractivity contribution >= 4 is 17.4 Å². The number of hydrogen-bond donors (Lipinski definition) is 1. The van der Waals surface area contributed by atoms with Crippen LogP contribution in [0.15, 0.2) is 36.4 Å². The molecule has 0 unspecified atom stereocenters. The summed E-state index contributed by atoms with van der Waals surface area (Å²) in [6.45, 7) is 3.72. The van der Waals surface area contributed by atoms with Gasteiger partial charge in [0, 0.05) is 36.2 Å². The van der Waals surface area contributed by atoms with Gasteiger partial charge in [0.2, 0.25) is 11.8 Å². The third kappa shape index (κ3) is 3.24. The molecule has 0 saturated heterocycles. The number of fused-ring (bicyclic) bond motifs is 1. The summed E-state index contributed by atoms with van der Waals surface area (Å²) in [4.78, 5) is 18.8. The molecule has 1 amide bonds. The Hall–Kier alpha value is -2.63. The summed E-state index contributed by atoms with van der Waals surface area (Å²) in [6.07, 6.45) is 2.25. The van der Waals surface area contributed by atoms with Gasteiger partial charge in [-0.2, -0.15) is 4.98 Å². The van der Waals surface area contributed by atoms with Crippen LogP contribution in [-0.4, -0.2) is 24.0 Å². The van der Waals surface area contributed by atoms with Crippen LogP contribution < -0.4 is 15.0 Å². The first kappa shape index (κ1) is 17.8. The van der Waals surface area contributed by atoms with Gasteiger partial charge in [0.05, 0.1) is 13.2 Å². The standard InChI is InChI=1S/C21H24FN3O2/c1-12-20(24-18-5-4-6-19(23-18)27-3)16-11-15(22)9-10-17(16)25(13(2)26)21(12)14-7-8-14/h4-6,9-12,14,20-21H,7-8H2,1-3H3,(H,23,24)/t12-,20-,21+/m0/s1. The predicted octanol–water partition coefficient (Wildman–Crippen LogP) is 4.16. The number of anilines is 2. The lowest BCUT2D eigenvalue weighted by Crippen LogP contribution is -2.51. The second-order valence-corrected chi connectivity index (χ2v) is 7.47. The van der Waals surface area contributed by atoms with Crippen LogP contribution >= 0.6 is 0 Å². The number of ether oxygens (including phenoxy) is 1. The number of hydrogen-bond acceptors (Lipinski definition) is 4. The average Bonchev–Trinajstić information content (AvgIpc) is 3.48. The van der Waals surface area contributed by atoms with E-state index in [-0.39, 0.29) is 29.7 Å². The van der Waals surface area contributed by atoms with Crippen LogP contribution in [0.3, 0.4) is 0 Å². The summed E-state index contributed by atoms with van der Waals surface area (Å²) in [5.74, 6) is 1.50. The number of carbonyl (C=O) groups excluding carboxylic acids is 1. The van der Waals surface area contributed by atoms with Crippen LogP contribution in [0.1, 0.15) is 38.3 Å². The van der Waals surface area contributed by atoms with Crippen LogP contribution in [0, 0.1) is 17.7 Å². The molecule has 1 N–H and O–H groups in total. The molecule has 27 heavy (non-hydrogen) atoms. The van der Waals surface area contributed by atoms with Crippen molar-refractivity contribution < 1.29 is 13.9 Å². The Labute approximate surface area is 158 Å². The minimum Gasteiger partial charge on any atom is -0.481 e. The normalized spacial score (nSPS) is 24.3. The Bertz CT molecular complexity index is 868. The van der Waals surface area contributed by atoms with Crippen LogP contribution in [-0.2, 0) is 4.79 Å². The second-order valence-electron chi connectivity index (χ2n) is 7.47. The van der Waals surface area contributed by atoms with E-state index in [9.17, 15) is 9.18 Å². The zero-order valence-electron chi connectivity index (χ0n) is 15.8. The number of pyridine rings is 1. The third-order valence-electron chi connectivity index (χ3n) is 5.63. The van der Waals surface area contributed by atoms with Crippen molar-refractivity contribution in [3.05, 3.63) is 47.8 Å². The van der Waals surface area contributed by atoms with E-state index in [1.165, 1.54) is 12.1 Å². The highest BCUT2D eigenvalue weighted by molar-refractivity contribution is 5.94. The van der Waals surface area contributed by atoms with Crippen molar-refractivity contribution in [2.75, 3.05) is 17.3 Å². The van der Waals surface area contributed by atoms with Crippen LogP contribution in [0.4, 0.5) is 15.9 Å². The van der Waals surface area contributed by atoms with Gasteiger partial charge in [0.25, 0.3) is 0 Å². The largest absolute Gasteiger partial charge is 0.481 e. The van der Waals surface area contributed by atoms with Gasteiger partial charge in [0.1, 0.15) is 11.6 Å². The fourth-order valence-electron chi connectivity index (χ4n) is 4.30. The SMILES string of the molecule is COc1cccc(N[C@@H]2c3cc(F)ccc3N(C(C)=O)[C@@H](C3CC3)[C@H]2C)n1. The van der Waals surface area contributed by atoms with Gasteiger partial charge in [-0.25, -0.2) is 4.39 Å². The molecule has 3 atom stereocenters. The van der Waals surface area contributed by atoms with Crippen LogP contribution in [0.25, 0.3) is 0 Å². The zero-order chi connectivity index (χ0) is 19.1. The Morgan fingerprint density at radius 2 is 2.07 bits per heavy atom. The topological polar surface area (TPSA) is 54.5 Å². The molecule has 6 heteroatoms. The summed E-state index contributed by atoms with van der Waals surface area (Å²) in [5.41, 5.74) is 1.58. The van der Waals surface area contributed by atoms with E-state index < -0.39 is 0 Å². The van der Waals surface area contributed by atoms with E-state index in [2.05, 4.69) is 17.2 Å². The molecule has 1 aliphatic heterocycles. The van der Waals surface area contributed by atoms with E-state index in [4.69, 9.17) is 4.74 Å². The lowest BCUT2D eigenvalue weighted by molar-refractivity contribution is -0.117. The molecule has 1 saturated carbocycles. The van der Waals surface area contributed by atoms with Crippen molar-refractivity contribution in [1.29, 1.82) is 0 Å². The number of amides is 1. The van der Waals surface area contributed by atoms with Gasteiger partial charge in [-0.05, 0) is 43.0 Å². The lowest BCUT2D eigenvalue weighted by Gasteiger charge is -2.45. The number of halogens is 1. The summed E-state index contributed by atoms with van der Waals surface area (Å²) >= 11 is 0. The molecule has 2 heterocycles. The first-order valence-electron chi connectivity index (χ1n) is 9.36. The summed E-state index contributed by atoms with van der Waals surface area (Å²) in [7, 11) is 1.58. The highest BCUT2D eigenvalue weighted by Crippen LogP contribution is 2.50. The molecule has 1 aromatic carbocycles. The minimum atomic E-state index is -0.306. The van der Waals surface area contributed by atoms with Gasteiger partial charge < -0.3 is 15.0 Å². The molecular weight excluding hydrogens is 345 g/mol. The minimum absolute atomic E-state index is 0.00423. The molecule has 1 aromatic heterocycles. The molecule has 1 aliphatic carbocycles. The maximum absolute atomic E-state index is 14.1. The molecular formula is C21H24FN3O2. The highest BCUT2D eigenvalue weighted by Gasteiger charge is 2.47. The highest BCUT2D eigenvalue weighted by atomic mass is 19.1. The van der Waals surface area contributed by atoms with E-state index in [1.807, 2.05) is 17.0 Å². The number of aromatic nitrogens is 1. The van der Waals surface area contributed by atoms with Crippen LogP contribution in [0.5, 0.6) is 5.88 Å². The number of nitrogens with one attached hydrogen (secondary N) is 1. The molecule has 5 nitrogen and oxygen atoms in total. The first-order valence-corrected chi connectivity index (χ1v) is 9.36.